The lowest BCUT2D eigenvalue weighted by molar-refractivity contribution is -0.136. The summed E-state index contributed by atoms with van der Waals surface area (Å²) in [6.45, 7) is 0.490. The monoisotopic (exact) mass is 895 g/mol. The van der Waals surface area contributed by atoms with Crippen LogP contribution in [-0.2, 0) is 39.9 Å². The molecule has 1 saturated heterocycles. The number of nitrogens with one attached hydrogen (secondary N) is 5. The SMILES string of the molecule is CN(CCNC(=O)CCOCCOCCNC(=O)COc1cccc2c1C(=O)N(C1CCC(=O)NC1=O)C2=O)C(=O)c1ccc(/C(O)=C/C(=N)C(=O)NC2CCc3ccccc32)cc1O. The highest BCUT2D eigenvalue weighted by atomic mass is 16.5. The van der Waals surface area contributed by atoms with Crippen molar-refractivity contribution >= 4 is 58.7 Å². The van der Waals surface area contributed by atoms with Crippen LogP contribution in [0.4, 0.5) is 0 Å². The summed E-state index contributed by atoms with van der Waals surface area (Å²) in [6.07, 6.45) is 2.52. The van der Waals surface area contributed by atoms with E-state index >= 15 is 0 Å². The van der Waals surface area contributed by atoms with Crippen LogP contribution in [0.5, 0.6) is 11.5 Å². The van der Waals surface area contributed by atoms with Crippen molar-refractivity contribution in [2.45, 2.75) is 44.2 Å². The number of benzene rings is 3. The molecule has 3 aliphatic rings. The van der Waals surface area contributed by atoms with Gasteiger partial charge >= 0.3 is 0 Å². The van der Waals surface area contributed by atoms with E-state index in [-0.39, 0.29) is 105 Å². The number of ether oxygens (including phenoxy) is 3. The van der Waals surface area contributed by atoms with Crippen molar-refractivity contribution in [2.75, 3.05) is 59.7 Å². The molecule has 3 aromatic rings. The lowest BCUT2D eigenvalue weighted by Crippen LogP contribution is -2.54. The van der Waals surface area contributed by atoms with Gasteiger partial charge in [-0.1, -0.05) is 36.4 Å². The number of amides is 8. The van der Waals surface area contributed by atoms with Crippen molar-refractivity contribution in [3.63, 3.8) is 0 Å². The van der Waals surface area contributed by atoms with E-state index in [1.165, 1.54) is 42.3 Å². The molecule has 2 aliphatic heterocycles. The third-order valence-electron chi connectivity index (χ3n) is 10.8. The molecule has 0 bridgehead atoms. The largest absolute Gasteiger partial charge is 0.507 e. The van der Waals surface area contributed by atoms with E-state index in [1.807, 2.05) is 24.3 Å². The van der Waals surface area contributed by atoms with Gasteiger partial charge in [0.05, 0.1) is 49.2 Å². The van der Waals surface area contributed by atoms with Crippen LogP contribution in [0.2, 0.25) is 0 Å². The quantitative estimate of drug-likeness (QED) is 0.0344. The highest BCUT2D eigenvalue weighted by molar-refractivity contribution is 6.43. The molecule has 0 saturated carbocycles. The Balaban J connectivity index is 0.803. The maximum absolute atomic E-state index is 13.2. The number of aliphatic hydroxyl groups is 1. The zero-order chi connectivity index (χ0) is 46.6. The van der Waals surface area contributed by atoms with E-state index in [0.717, 1.165) is 34.6 Å². The highest BCUT2D eigenvalue weighted by Crippen LogP contribution is 2.34. The van der Waals surface area contributed by atoms with Crippen molar-refractivity contribution in [2.24, 2.45) is 0 Å². The lowest BCUT2D eigenvalue weighted by Gasteiger charge is -2.27. The lowest BCUT2D eigenvalue weighted by atomic mass is 10.0. The number of likely N-dealkylation sites (N-methyl/N-ethyl adjacent to an activating group) is 1. The first-order valence-corrected chi connectivity index (χ1v) is 20.9. The molecule has 0 spiro atoms. The molecular weight excluding hydrogens is 847 g/mol. The minimum absolute atomic E-state index is 0.00175. The molecule has 3 aromatic carbocycles. The Morgan fingerprint density at radius 2 is 1.65 bits per heavy atom. The summed E-state index contributed by atoms with van der Waals surface area (Å²) in [5, 5.41) is 39.6. The third-order valence-corrected chi connectivity index (χ3v) is 10.8. The number of hydrogen-bond donors (Lipinski definition) is 7. The average Bonchev–Trinajstić information content (AvgIpc) is 3.81. The van der Waals surface area contributed by atoms with E-state index in [1.54, 1.807) is 0 Å². The van der Waals surface area contributed by atoms with Gasteiger partial charge < -0.3 is 45.3 Å². The van der Waals surface area contributed by atoms with Crippen LogP contribution >= 0.6 is 0 Å². The fourth-order valence-corrected chi connectivity index (χ4v) is 7.41. The normalized spacial score (nSPS) is 16.6. The summed E-state index contributed by atoms with van der Waals surface area (Å²) < 4.78 is 16.4. The van der Waals surface area contributed by atoms with E-state index in [2.05, 4.69) is 21.3 Å². The maximum Gasteiger partial charge on any atom is 0.269 e. The molecule has 65 heavy (non-hydrogen) atoms. The molecule has 2 heterocycles. The van der Waals surface area contributed by atoms with Gasteiger partial charge in [0.25, 0.3) is 29.5 Å². The Labute approximate surface area is 372 Å². The second-order valence-corrected chi connectivity index (χ2v) is 15.3. The summed E-state index contributed by atoms with van der Waals surface area (Å²) in [5.41, 5.74) is 1.66. The van der Waals surface area contributed by atoms with Gasteiger partial charge in [-0.25, -0.2) is 0 Å². The summed E-state index contributed by atoms with van der Waals surface area (Å²) >= 11 is 0. The Hall–Kier alpha value is -7.45. The van der Waals surface area contributed by atoms with Gasteiger partial charge in [-0.2, -0.15) is 0 Å². The summed E-state index contributed by atoms with van der Waals surface area (Å²) in [7, 11) is 1.49. The van der Waals surface area contributed by atoms with E-state index in [9.17, 15) is 48.6 Å². The van der Waals surface area contributed by atoms with Gasteiger partial charge in [0.1, 0.15) is 29.0 Å². The van der Waals surface area contributed by atoms with Crippen LogP contribution in [0.1, 0.15) is 79.5 Å². The van der Waals surface area contributed by atoms with E-state index in [0.29, 0.717) is 6.42 Å². The number of phenolic OH excluding ortho intramolecular Hbond substituents is 1. The summed E-state index contributed by atoms with van der Waals surface area (Å²) in [5.74, 6) is -5.58. The van der Waals surface area contributed by atoms with Crippen molar-refractivity contribution in [1.82, 2.24) is 31.1 Å². The number of carbonyl (C=O) groups is 8. The molecule has 2 unspecified atom stereocenters. The predicted molar refractivity (Wildman–Crippen MR) is 230 cm³/mol. The molecule has 7 N–H and O–H groups in total. The van der Waals surface area contributed by atoms with Crippen molar-refractivity contribution in [1.29, 1.82) is 5.41 Å². The number of rotatable bonds is 21. The Bertz CT molecular complexity index is 2420. The van der Waals surface area contributed by atoms with Gasteiger partial charge in [0.2, 0.25) is 17.7 Å². The van der Waals surface area contributed by atoms with Gasteiger partial charge in [0.15, 0.2) is 6.61 Å². The molecule has 1 fully saturated rings. The number of carbonyl (C=O) groups excluding carboxylic acids is 8. The Kier molecular flexibility index (Phi) is 15.7. The van der Waals surface area contributed by atoms with Gasteiger partial charge in [-0.3, -0.25) is 54.0 Å². The number of aliphatic hydroxyl groups excluding tert-OH is 1. The number of fused-ring (bicyclic) bond motifs is 2. The molecule has 0 radical (unpaired) electrons. The number of hydrogen-bond acceptors (Lipinski definition) is 14. The maximum atomic E-state index is 13.2. The summed E-state index contributed by atoms with van der Waals surface area (Å²) in [6, 6.07) is 14.6. The first-order chi connectivity index (χ1) is 31.2. The molecule has 6 rings (SSSR count). The minimum Gasteiger partial charge on any atom is -0.507 e. The fraction of sp³-hybridized carbons (Fsp3) is 0.356. The van der Waals surface area contributed by atoms with Crippen LogP contribution in [0.15, 0.2) is 66.7 Å². The zero-order valence-electron chi connectivity index (χ0n) is 35.5. The minimum atomic E-state index is -1.13. The zero-order valence-corrected chi connectivity index (χ0v) is 35.5. The number of aryl methyl sites for hydroxylation is 1. The molecule has 342 valence electrons. The van der Waals surface area contributed by atoms with Crippen molar-refractivity contribution < 1.29 is 62.8 Å². The highest BCUT2D eigenvalue weighted by Gasteiger charge is 2.46. The Morgan fingerprint density at radius 3 is 2.42 bits per heavy atom. The molecule has 20 nitrogen and oxygen atoms in total. The van der Waals surface area contributed by atoms with Crippen molar-refractivity contribution in [3.8, 4) is 11.5 Å². The van der Waals surface area contributed by atoms with Gasteiger partial charge in [0, 0.05) is 51.2 Å². The molecule has 8 amide bonds. The Morgan fingerprint density at radius 1 is 0.892 bits per heavy atom. The van der Waals surface area contributed by atoms with Gasteiger partial charge in [-0.05, 0) is 54.7 Å². The number of piperidine rings is 1. The first kappa shape index (κ1) is 47.0. The van der Waals surface area contributed by atoms with Crippen molar-refractivity contribution in [3.05, 3.63) is 100 Å². The standard InChI is InChI=1S/C45H49N7O13/c1-51(43(60)29-11-9-27(23-35(29)54)34(53)24-31(46)41(58)49-32-12-10-26-5-2-3-6-28(26)32)18-16-47-37(55)15-19-63-21-22-64-20-17-48-39(57)25-65-36-8-4-7-30-40(36)45(62)52(44(30)61)33-13-14-38(56)50-42(33)59/h2-9,11,23-24,32-33,46,53-54H,10,12-22,25H2,1H3,(H,47,55)(H,48,57)(H,49,58)(H,50,56,59)/b34-24-,46-31?. The molecule has 1 aliphatic carbocycles. The predicted octanol–water partition coefficient (Wildman–Crippen LogP) is 1.32. The molecule has 2 atom stereocenters. The topological polar surface area (TPSA) is 283 Å². The fourth-order valence-electron chi connectivity index (χ4n) is 7.41. The third kappa shape index (κ3) is 11.8. The second-order valence-electron chi connectivity index (χ2n) is 15.3. The number of phenols is 1. The number of imide groups is 2. The van der Waals surface area contributed by atoms with E-state index in [4.69, 9.17) is 19.6 Å². The average molecular weight is 896 g/mol. The molecular formula is C45H49N7O13. The first-order valence-electron chi connectivity index (χ1n) is 20.9. The number of aromatic hydroxyl groups is 1. The van der Waals surface area contributed by atoms with E-state index < -0.39 is 71.2 Å². The van der Waals surface area contributed by atoms with Crippen LogP contribution < -0.4 is 26.0 Å². The van der Waals surface area contributed by atoms with Crippen LogP contribution in [0.3, 0.4) is 0 Å². The van der Waals surface area contributed by atoms with Crippen LogP contribution in [-0.4, -0.2) is 139 Å². The number of nitrogens with zero attached hydrogens (tertiary/aromatic N) is 2. The summed E-state index contributed by atoms with van der Waals surface area (Å²) in [4.78, 5) is 103. The van der Waals surface area contributed by atoms with Crippen LogP contribution in [0, 0.1) is 5.41 Å². The van der Waals surface area contributed by atoms with Gasteiger partial charge in [-0.15, -0.1) is 0 Å². The molecule has 20 heteroatoms. The van der Waals surface area contributed by atoms with Crippen LogP contribution in [0.25, 0.3) is 5.76 Å². The molecule has 0 aromatic heterocycles. The smallest absolute Gasteiger partial charge is 0.269 e. The second kappa shape index (κ2) is 21.8.